The third-order valence-corrected chi connectivity index (χ3v) is 3.27. The number of rotatable bonds is 2. The minimum absolute atomic E-state index is 0.0369. The first kappa shape index (κ1) is 13.3. The van der Waals surface area contributed by atoms with E-state index in [4.69, 9.17) is 0 Å². The number of hydrogen-bond acceptors (Lipinski definition) is 3. The topological polar surface area (TPSA) is 43.1 Å². The molecular formula is C8H5BrF3NO2S. The Bertz CT molecular complexity index is 436. The molecule has 1 aromatic carbocycles. The molecule has 0 N–H and O–H groups in total. The number of nitrogens with zero attached hydrogens (tertiary/aromatic N) is 1. The molecule has 0 saturated heterocycles. The highest BCUT2D eigenvalue weighted by Crippen LogP contribution is 2.45. The summed E-state index contributed by atoms with van der Waals surface area (Å²) in [6.07, 6.45) is 0. The summed E-state index contributed by atoms with van der Waals surface area (Å²) < 4.78 is 36.7. The van der Waals surface area contributed by atoms with E-state index in [1.54, 1.807) is 0 Å². The average Bonchev–Trinajstić information content (AvgIpc) is 2.08. The van der Waals surface area contributed by atoms with Crippen LogP contribution in [0.4, 0.5) is 18.9 Å². The fourth-order valence-electron chi connectivity index (χ4n) is 1.06. The van der Waals surface area contributed by atoms with Crippen molar-refractivity contribution in [2.24, 2.45) is 0 Å². The SMILES string of the molecule is Cc1ccc(Br)c([N+](=O)[O-])c1SC(F)(F)F. The van der Waals surface area contributed by atoms with E-state index in [0.717, 1.165) is 0 Å². The quantitative estimate of drug-likeness (QED) is 0.465. The second kappa shape index (κ2) is 4.62. The molecule has 0 amide bonds. The van der Waals surface area contributed by atoms with Gasteiger partial charge in [0.15, 0.2) is 0 Å². The van der Waals surface area contributed by atoms with Crippen LogP contribution in [0, 0.1) is 17.0 Å². The number of nitro groups is 1. The van der Waals surface area contributed by atoms with Gasteiger partial charge in [-0.25, -0.2) is 0 Å². The van der Waals surface area contributed by atoms with Crippen LogP contribution in [-0.2, 0) is 0 Å². The van der Waals surface area contributed by atoms with Gasteiger partial charge in [-0.1, -0.05) is 6.07 Å². The molecule has 0 aromatic heterocycles. The van der Waals surface area contributed by atoms with Gasteiger partial charge in [-0.3, -0.25) is 10.1 Å². The molecule has 0 aliphatic carbocycles. The minimum Gasteiger partial charge on any atom is -0.258 e. The molecule has 0 fully saturated rings. The third-order valence-electron chi connectivity index (χ3n) is 1.68. The van der Waals surface area contributed by atoms with Gasteiger partial charge >= 0.3 is 5.51 Å². The summed E-state index contributed by atoms with van der Waals surface area (Å²) in [7, 11) is 0. The summed E-state index contributed by atoms with van der Waals surface area (Å²) in [6, 6.07) is 2.75. The number of aryl methyl sites for hydroxylation is 1. The van der Waals surface area contributed by atoms with Gasteiger partial charge in [0, 0.05) is 0 Å². The molecule has 0 bridgehead atoms. The van der Waals surface area contributed by atoms with E-state index in [9.17, 15) is 23.3 Å². The maximum Gasteiger partial charge on any atom is 0.446 e. The third kappa shape index (κ3) is 3.11. The van der Waals surface area contributed by atoms with Crippen LogP contribution in [0.5, 0.6) is 0 Å². The zero-order chi connectivity index (χ0) is 12.5. The van der Waals surface area contributed by atoms with Gasteiger partial charge in [0.25, 0.3) is 5.69 Å². The fraction of sp³-hybridized carbons (Fsp3) is 0.250. The molecule has 0 aliphatic heterocycles. The predicted molar refractivity (Wildman–Crippen MR) is 57.4 cm³/mol. The lowest BCUT2D eigenvalue weighted by molar-refractivity contribution is -0.388. The highest BCUT2D eigenvalue weighted by atomic mass is 79.9. The monoisotopic (exact) mass is 315 g/mol. The Morgan fingerprint density at radius 2 is 2.00 bits per heavy atom. The van der Waals surface area contributed by atoms with E-state index in [2.05, 4.69) is 15.9 Å². The van der Waals surface area contributed by atoms with Gasteiger partial charge in [0.2, 0.25) is 0 Å². The van der Waals surface area contributed by atoms with E-state index < -0.39 is 27.9 Å². The number of alkyl halides is 3. The minimum atomic E-state index is -4.55. The van der Waals surface area contributed by atoms with Crippen molar-refractivity contribution < 1.29 is 18.1 Å². The first-order valence-corrected chi connectivity index (χ1v) is 5.52. The summed E-state index contributed by atoms with van der Waals surface area (Å²) in [5, 5.41) is 10.7. The lowest BCUT2D eigenvalue weighted by atomic mass is 10.2. The Balaban J connectivity index is 3.35. The van der Waals surface area contributed by atoms with Crippen LogP contribution in [0.3, 0.4) is 0 Å². The Labute approximate surface area is 101 Å². The van der Waals surface area contributed by atoms with E-state index >= 15 is 0 Å². The van der Waals surface area contributed by atoms with Gasteiger partial charge in [0.1, 0.15) is 0 Å². The van der Waals surface area contributed by atoms with Crippen LogP contribution >= 0.6 is 27.7 Å². The summed E-state index contributed by atoms with van der Waals surface area (Å²) in [5.74, 6) is 0. The van der Waals surface area contributed by atoms with Crippen molar-refractivity contribution in [3.05, 3.63) is 32.3 Å². The highest BCUT2D eigenvalue weighted by molar-refractivity contribution is 9.10. The molecule has 88 valence electrons. The van der Waals surface area contributed by atoms with E-state index in [0.29, 0.717) is 0 Å². The van der Waals surface area contributed by atoms with Crippen molar-refractivity contribution in [3.8, 4) is 0 Å². The van der Waals surface area contributed by atoms with Crippen molar-refractivity contribution in [1.82, 2.24) is 0 Å². The van der Waals surface area contributed by atoms with Gasteiger partial charge in [-0.05, 0) is 46.2 Å². The van der Waals surface area contributed by atoms with Crippen molar-refractivity contribution in [1.29, 1.82) is 0 Å². The van der Waals surface area contributed by atoms with Crippen molar-refractivity contribution >= 4 is 33.4 Å². The van der Waals surface area contributed by atoms with Crippen molar-refractivity contribution in [2.75, 3.05) is 0 Å². The number of benzene rings is 1. The zero-order valence-electron chi connectivity index (χ0n) is 7.84. The lowest BCUT2D eigenvalue weighted by Gasteiger charge is -2.09. The highest BCUT2D eigenvalue weighted by Gasteiger charge is 2.35. The molecule has 0 atom stereocenters. The van der Waals surface area contributed by atoms with Crippen LogP contribution in [0.2, 0.25) is 0 Å². The average molecular weight is 316 g/mol. The Morgan fingerprint density at radius 1 is 1.44 bits per heavy atom. The Morgan fingerprint density at radius 3 is 2.44 bits per heavy atom. The molecule has 0 radical (unpaired) electrons. The van der Waals surface area contributed by atoms with Gasteiger partial charge in [-0.15, -0.1) is 0 Å². The second-order valence-corrected chi connectivity index (χ2v) is 4.78. The number of nitro benzene ring substituents is 1. The van der Waals surface area contributed by atoms with Gasteiger partial charge in [0.05, 0.1) is 14.3 Å². The maximum atomic E-state index is 12.2. The molecule has 8 heteroatoms. The van der Waals surface area contributed by atoms with E-state index in [1.165, 1.54) is 19.1 Å². The van der Waals surface area contributed by atoms with Crippen LogP contribution in [0.1, 0.15) is 5.56 Å². The molecule has 0 aliphatic rings. The normalized spacial score (nSPS) is 11.6. The maximum absolute atomic E-state index is 12.2. The van der Waals surface area contributed by atoms with Gasteiger partial charge < -0.3 is 0 Å². The predicted octanol–water partition coefficient (Wildman–Crippen LogP) is 4.28. The van der Waals surface area contributed by atoms with Crippen LogP contribution in [0.25, 0.3) is 0 Å². The van der Waals surface area contributed by atoms with Crippen LogP contribution in [-0.4, -0.2) is 10.4 Å². The van der Waals surface area contributed by atoms with Crippen LogP contribution in [0.15, 0.2) is 21.5 Å². The molecule has 3 nitrogen and oxygen atoms in total. The van der Waals surface area contributed by atoms with E-state index in [1.807, 2.05) is 0 Å². The lowest BCUT2D eigenvalue weighted by Crippen LogP contribution is -2.03. The standard InChI is InChI=1S/C8H5BrF3NO2S/c1-4-2-3-5(9)6(13(14)15)7(4)16-8(10,11)12/h2-3H,1H3. The van der Waals surface area contributed by atoms with E-state index in [-0.39, 0.29) is 14.9 Å². The zero-order valence-corrected chi connectivity index (χ0v) is 10.2. The number of halogens is 4. The Hall–Kier alpha value is -0.760. The molecule has 0 unspecified atom stereocenters. The number of thioether (sulfide) groups is 1. The summed E-state index contributed by atoms with van der Waals surface area (Å²) >= 11 is 2.39. The first-order valence-electron chi connectivity index (χ1n) is 3.91. The summed E-state index contributed by atoms with van der Waals surface area (Å²) in [6.45, 7) is 1.40. The van der Waals surface area contributed by atoms with Crippen molar-refractivity contribution in [2.45, 2.75) is 17.3 Å². The smallest absolute Gasteiger partial charge is 0.258 e. The molecule has 0 spiro atoms. The molecule has 16 heavy (non-hydrogen) atoms. The molecule has 1 rings (SSSR count). The van der Waals surface area contributed by atoms with Crippen LogP contribution < -0.4 is 0 Å². The second-order valence-electron chi connectivity index (χ2n) is 2.85. The molecular weight excluding hydrogens is 311 g/mol. The summed E-state index contributed by atoms with van der Waals surface area (Å²) in [5.41, 5.74) is -4.88. The fourth-order valence-corrected chi connectivity index (χ4v) is 2.41. The van der Waals surface area contributed by atoms with Gasteiger partial charge in [-0.2, -0.15) is 13.2 Å². The van der Waals surface area contributed by atoms with Crippen molar-refractivity contribution in [3.63, 3.8) is 0 Å². The summed E-state index contributed by atoms with van der Waals surface area (Å²) in [4.78, 5) is 9.46. The Kier molecular flexibility index (Phi) is 3.84. The largest absolute Gasteiger partial charge is 0.446 e. The number of hydrogen-bond donors (Lipinski definition) is 0. The molecule has 0 heterocycles. The first-order chi connectivity index (χ1) is 7.22. The molecule has 0 saturated carbocycles. The molecule has 1 aromatic rings.